The number of ether oxygens (including phenoxy) is 3. The lowest BCUT2D eigenvalue weighted by Crippen LogP contribution is -2.64. The maximum Gasteiger partial charge on any atom is 0.341 e. The van der Waals surface area contributed by atoms with Gasteiger partial charge in [0.15, 0.2) is 0 Å². The van der Waals surface area contributed by atoms with Gasteiger partial charge in [-0.25, -0.2) is 4.79 Å². The second-order valence-electron chi connectivity index (χ2n) is 6.72. The first-order valence-electron chi connectivity index (χ1n) is 9.28. The van der Waals surface area contributed by atoms with Gasteiger partial charge < -0.3 is 40.0 Å². The summed E-state index contributed by atoms with van der Waals surface area (Å²) in [5.74, 6) is -0.548. The van der Waals surface area contributed by atoms with Crippen molar-refractivity contribution in [2.45, 2.75) is 48.9 Å². The fourth-order valence-corrected chi connectivity index (χ4v) is 4.12. The molecule has 0 unspecified atom stereocenters. The third-order valence-corrected chi connectivity index (χ3v) is 6.01. The third kappa shape index (κ3) is 5.82. The molecule has 1 aromatic carbocycles. The standard InChI is InChI=1S/C19H29NO8S/c1-10(26-3)13(20-2)17-15(23)14(22)16(24)19(28-17)29-9-8-27-18(25)11-6-4-5-7-12(11)21/h4-7,10,13-17,19-24H,8-9H2,1-3H3/t10-,13-,14+,15-,16-,17-,19-/m1/s1. The van der Waals surface area contributed by atoms with Crippen molar-refractivity contribution in [3.63, 3.8) is 0 Å². The zero-order chi connectivity index (χ0) is 21.6. The van der Waals surface area contributed by atoms with E-state index in [1.54, 1.807) is 26.1 Å². The van der Waals surface area contributed by atoms with Crippen molar-refractivity contribution in [1.29, 1.82) is 0 Å². The van der Waals surface area contributed by atoms with Crippen LogP contribution in [0.15, 0.2) is 24.3 Å². The van der Waals surface area contributed by atoms with Crippen LogP contribution >= 0.6 is 11.8 Å². The molecule has 2 rings (SSSR count). The Hall–Kier alpha value is -1.40. The minimum Gasteiger partial charge on any atom is -0.507 e. The molecule has 9 nitrogen and oxygen atoms in total. The van der Waals surface area contributed by atoms with Crippen LogP contribution in [0, 0.1) is 0 Å². The van der Waals surface area contributed by atoms with Gasteiger partial charge in [0, 0.05) is 12.9 Å². The Bertz CT molecular complexity index is 663. The van der Waals surface area contributed by atoms with Crippen LogP contribution in [0.2, 0.25) is 0 Å². The molecular weight excluding hydrogens is 402 g/mol. The predicted octanol–water partition coefficient (Wildman–Crippen LogP) is -0.287. The molecule has 0 spiro atoms. The van der Waals surface area contributed by atoms with Gasteiger partial charge in [0.2, 0.25) is 0 Å². The number of methoxy groups -OCH3 is 1. The fourth-order valence-electron chi connectivity index (χ4n) is 3.14. The summed E-state index contributed by atoms with van der Waals surface area (Å²) in [4.78, 5) is 12.0. The highest BCUT2D eigenvalue weighted by Crippen LogP contribution is 2.31. The number of aliphatic hydroxyl groups is 3. The van der Waals surface area contributed by atoms with Crippen LogP contribution in [0.3, 0.4) is 0 Å². The van der Waals surface area contributed by atoms with Gasteiger partial charge in [0.1, 0.15) is 47.8 Å². The van der Waals surface area contributed by atoms with Crippen LogP contribution in [0.1, 0.15) is 17.3 Å². The number of esters is 1. The molecule has 0 bridgehead atoms. The topological polar surface area (TPSA) is 138 Å². The number of carbonyl (C=O) groups is 1. The third-order valence-electron chi connectivity index (χ3n) is 4.89. The average Bonchev–Trinajstić information content (AvgIpc) is 2.72. The highest BCUT2D eigenvalue weighted by atomic mass is 32.2. The van der Waals surface area contributed by atoms with Crippen LogP contribution in [0.25, 0.3) is 0 Å². The lowest BCUT2D eigenvalue weighted by molar-refractivity contribution is -0.211. The van der Waals surface area contributed by atoms with E-state index in [1.165, 1.54) is 19.2 Å². The maximum absolute atomic E-state index is 12.0. The number of thioether (sulfide) groups is 1. The lowest BCUT2D eigenvalue weighted by atomic mass is 9.92. The molecule has 29 heavy (non-hydrogen) atoms. The molecule has 164 valence electrons. The molecule has 1 aliphatic rings. The molecule has 5 N–H and O–H groups in total. The lowest BCUT2D eigenvalue weighted by Gasteiger charge is -2.44. The van der Waals surface area contributed by atoms with Gasteiger partial charge in [-0.3, -0.25) is 0 Å². The monoisotopic (exact) mass is 431 g/mol. The van der Waals surface area contributed by atoms with Gasteiger partial charge in [-0.15, -0.1) is 11.8 Å². The smallest absolute Gasteiger partial charge is 0.341 e. The number of benzene rings is 1. The summed E-state index contributed by atoms with van der Waals surface area (Å²) < 4.78 is 16.3. The minimum absolute atomic E-state index is 0.0116. The second-order valence-corrected chi connectivity index (χ2v) is 7.93. The molecule has 7 atom stereocenters. The van der Waals surface area contributed by atoms with Gasteiger partial charge in [-0.2, -0.15) is 0 Å². The highest BCUT2D eigenvalue weighted by Gasteiger charge is 2.47. The van der Waals surface area contributed by atoms with E-state index in [9.17, 15) is 25.2 Å². The molecule has 1 fully saturated rings. The van der Waals surface area contributed by atoms with Crippen molar-refractivity contribution >= 4 is 17.7 Å². The molecule has 0 aliphatic carbocycles. The van der Waals surface area contributed by atoms with Crippen LogP contribution in [-0.4, -0.2) is 94.9 Å². The Morgan fingerprint density at radius 3 is 2.55 bits per heavy atom. The first-order valence-corrected chi connectivity index (χ1v) is 10.3. The quantitative estimate of drug-likeness (QED) is 0.262. The van der Waals surface area contributed by atoms with E-state index < -0.39 is 41.9 Å². The van der Waals surface area contributed by atoms with Crippen molar-refractivity contribution < 1.29 is 39.4 Å². The first-order chi connectivity index (χ1) is 13.8. The number of rotatable bonds is 9. The van der Waals surface area contributed by atoms with Crippen molar-refractivity contribution in [3.05, 3.63) is 29.8 Å². The molecule has 10 heteroatoms. The van der Waals surface area contributed by atoms with E-state index >= 15 is 0 Å². The van der Waals surface area contributed by atoms with E-state index in [1.807, 2.05) is 0 Å². The zero-order valence-electron chi connectivity index (χ0n) is 16.6. The number of likely N-dealkylation sites (N-methyl/N-ethyl adjacent to an activating group) is 1. The summed E-state index contributed by atoms with van der Waals surface area (Å²) in [5, 5.41) is 43.5. The second kappa shape index (κ2) is 11.1. The molecule has 0 saturated carbocycles. The molecule has 1 aromatic rings. The summed E-state index contributed by atoms with van der Waals surface area (Å²) in [6.45, 7) is 1.81. The van der Waals surface area contributed by atoms with Gasteiger partial charge in [-0.05, 0) is 26.1 Å². The number of hydrogen-bond donors (Lipinski definition) is 5. The van der Waals surface area contributed by atoms with Crippen LogP contribution in [-0.2, 0) is 14.2 Å². The Morgan fingerprint density at radius 2 is 1.93 bits per heavy atom. The molecule has 1 aliphatic heterocycles. The number of aromatic hydroxyl groups is 1. The fraction of sp³-hybridized carbons (Fsp3) is 0.632. The van der Waals surface area contributed by atoms with Crippen molar-refractivity contribution in [2.75, 3.05) is 26.5 Å². The predicted molar refractivity (Wildman–Crippen MR) is 107 cm³/mol. The Balaban J connectivity index is 1.92. The van der Waals surface area contributed by atoms with E-state index in [0.29, 0.717) is 0 Å². The molecule has 0 radical (unpaired) electrons. The van der Waals surface area contributed by atoms with Crippen LogP contribution < -0.4 is 5.32 Å². The molecule has 0 aromatic heterocycles. The number of phenols is 1. The molecular formula is C19H29NO8S. The van der Waals surface area contributed by atoms with E-state index in [4.69, 9.17) is 14.2 Å². The van der Waals surface area contributed by atoms with Crippen LogP contribution in [0.5, 0.6) is 5.75 Å². The van der Waals surface area contributed by atoms with Crippen molar-refractivity contribution in [3.8, 4) is 5.75 Å². The Kier molecular flexibility index (Phi) is 9.15. The Morgan fingerprint density at radius 1 is 1.24 bits per heavy atom. The van der Waals surface area contributed by atoms with Crippen molar-refractivity contribution in [1.82, 2.24) is 5.32 Å². The first kappa shape index (κ1) is 23.9. The van der Waals surface area contributed by atoms with Crippen LogP contribution in [0.4, 0.5) is 0 Å². The van der Waals surface area contributed by atoms with Gasteiger partial charge >= 0.3 is 5.97 Å². The molecule has 1 heterocycles. The summed E-state index contributed by atoms with van der Waals surface area (Å²) in [6, 6.07) is 5.64. The summed E-state index contributed by atoms with van der Waals surface area (Å²) in [5.41, 5.74) is -0.766. The normalized spacial score (nSPS) is 29.2. The number of nitrogens with one attached hydrogen (secondary N) is 1. The van der Waals surface area contributed by atoms with Crippen molar-refractivity contribution in [2.24, 2.45) is 0 Å². The summed E-state index contributed by atoms with van der Waals surface area (Å²) in [6.07, 6.45) is -5.12. The zero-order valence-corrected chi connectivity index (χ0v) is 17.4. The number of para-hydroxylation sites is 1. The molecule has 1 saturated heterocycles. The average molecular weight is 432 g/mol. The van der Waals surface area contributed by atoms with Gasteiger partial charge in [-0.1, -0.05) is 12.1 Å². The van der Waals surface area contributed by atoms with E-state index in [0.717, 1.165) is 11.8 Å². The maximum atomic E-state index is 12.0. The van der Waals surface area contributed by atoms with E-state index in [-0.39, 0.29) is 29.8 Å². The number of hydrogen-bond acceptors (Lipinski definition) is 10. The van der Waals surface area contributed by atoms with Gasteiger partial charge in [0.25, 0.3) is 0 Å². The van der Waals surface area contributed by atoms with E-state index in [2.05, 4.69) is 5.32 Å². The summed E-state index contributed by atoms with van der Waals surface area (Å²) >= 11 is 1.15. The number of carbonyl (C=O) groups excluding carboxylic acids is 1. The summed E-state index contributed by atoms with van der Waals surface area (Å²) in [7, 11) is 3.22. The SMILES string of the molecule is CN[C@@H]([C@H]1O[C@H](SCCOC(=O)c2ccccc2O)[C@H](O)[C@@H](O)[C@H]1O)[C@@H](C)OC. The minimum atomic E-state index is -1.39. The highest BCUT2D eigenvalue weighted by molar-refractivity contribution is 7.99. The Labute approximate surface area is 174 Å². The van der Waals surface area contributed by atoms with Gasteiger partial charge in [0.05, 0.1) is 12.1 Å². The molecule has 0 amide bonds. The number of aliphatic hydroxyl groups excluding tert-OH is 3. The number of phenolic OH excluding ortho intramolecular Hbond substituents is 1. The largest absolute Gasteiger partial charge is 0.507 e.